The minimum absolute atomic E-state index is 0.192. The van der Waals surface area contributed by atoms with Crippen molar-refractivity contribution in [2.24, 2.45) is 0 Å². The highest BCUT2D eigenvalue weighted by Gasteiger charge is 2.17. The Morgan fingerprint density at radius 1 is 0.971 bits per heavy atom. The Labute approximate surface area is 231 Å². The second-order valence-electron chi connectivity index (χ2n) is 6.79. The van der Waals surface area contributed by atoms with Crippen LogP contribution in [0, 0.1) is 0 Å². The predicted molar refractivity (Wildman–Crippen MR) is 146 cm³/mol. The van der Waals surface area contributed by atoms with Crippen LogP contribution in [-0.2, 0) is 21.9 Å². The number of nitrogens with zero attached hydrogens (tertiary/aromatic N) is 2. The number of carbonyl (C=O) groups is 2. The second kappa shape index (κ2) is 15.3. The van der Waals surface area contributed by atoms with Crippen LogP contribution in [0.25, 0.3) is 0 Å². The van der Waals surface area contributed by atoms with E-state index >= 15 is 0 Å². The maximum Gasteiger partial charge on any atom is 0.328 e. The van der Waals surface area contributed by atoms with Gasteiger partial charge in [-0.05, 0) is 35.4 Å². The van der Waals surface area contributed by atoms with Crippen LogP contribution < -0.4 is 0 Å². The van der Waals surface area contributed by atoms with Crippen LogP contribution in [0.1, 0.15) is 16.4 Å². The first-order chi connectivity index (χ1) is 16.7. The van der Waals surface area contributed by atoms with Gasteiger partial charge in [0.05, 0.1) is 6.33 Å². The van der Waals surface area contributed by atoms with Crippen molar-refractivity contribution in [1.29, 1.82) is 0 Å². The molecule has 0 aliphatic heterocycles. The first-order valence-corrected chi connectivity index (χ1v) is 13.5. The summed E-state index contributed by atoms with van der Waals surface area (Å²) in [5, 5.41) is 19.4. The summed E-state index contributed by atoms with van der Waals surface area (Å²) in [6.07, 6.45) is 6.67. The third-order valence-corrected chi connectivity index (χ3v) is 7.92. The number of rotatable bonds is 10. The zero-order valence-corrected chi connectivity index (χ0v) is 22.6. The van der Waals surface area contributed by atoms with Gasteiger partial charge in [-0.3, -0.25) is 0 Å². The molecule has 0 aliphatic carbocycles. The molecule has 0 radical (unpaired) electrons. The largest absolute Gasteiger partial charge is 0.478 e. The third-order valence-electron chi connectivity index (χ3n) is 4.24. The summed E-state index contributed by atoms with van der Waals surface area (Å²) >= 11 is 28.4. The van der Waals surface area contributed by atoms with E-state index in [9.17, 15) is 9.59 Å². The summed E-state index contributed by atoms with van der Waals surface area (Å²) < 4.78 is 2.06. The van der Waals surface area contributed by atoms with E-state index in [1.54, 1.807) is 18.3 Å². The molecule has 0 aliphatic rings. The maximum absolute atomic E-state index is 9.55. The molecule has 186 valence electrons. The minimum Gasteiger partial charge on any atom is -0.478 e. The van der Waals surface area contributed by atoms with Crippen LogP contribution in [0.5, 0.6) is 0 Å². The van der Waals surface area contributed by atoms with E-state index in [0.29, 0.717) is 32.2 Å². The van der Waals surface area contributed by atoms with E-state index < -0.39 is 11.9 Å². The third kappa shape index (κ3) is 11.2. The Kier molecular flexibility index (Phi) is 12.9. The normalized spacial score (nSPS) is 11.7. The topological polar surface area (TPSA) is 92.4 Å². The number of halogens is 4. The lowest BCUT2D eigenvalue weighted by molar-refractivity contribution is -0.134. The lowest BCUT2D eigenvalue weighted by atomic mass is 10.1. The average molecular weight is 594 g/mol. The standard InChI is InChI=1S/C19H16Cl4N2S2.C4H4O4/c20-14-2-1-13(17(22)7-14)10-26-12-27-19(9-25-6-5-24-11-25)16-4-3-15(21)8-18(16)23;5-3(6)1-2-4(7)8/h1-8,11,19H,9-10,12H2;1-2H,(H,5,6)(H,7,8). The summed E-state index contributed by atoms with van der Waals surface area (Å²) in [6, 6.07) is 11.3. The number of thioether (sulfide) groups is 2. The zero-order chi connectivity index (χ0) is 25.8. The molecule has 2 N–H and O–H groups in total. The Hall–Kier alpha value is -1.81. The van der Waals surface area contributed by atoms with Crippen molar-refractivity contribution >= 4 is 81.9 Å². The minimum atomic E-state index is -1.26. The molecule has 1 heterocycles. The van der Waals surface area contributed by atoms with Gasteiger partial charge < -0.3 is 14.8 Å². The smallest absolute Gasteiger partial charge is 0.328 e. The Balaban J connectivity index is 0.000000466. The molecular weight excluding hydrogens is 574 g/mol. The summed E-state index contributed by atoms with van der Waals surface area (Å²) in [5.74, 6) is -1.69. The first kappa shape index (κ1) is 29.4. The molecule has 12 heteroatoms. The van der Waals surface area contributed by atoms with Crippen molar-refractivity contribution in [3.8, 4) is 0 Å². The molecule has 35 heavy (non-hydrogen) atoms. The van der Waals surface area contributed by atoms with Gasteiger partial charge in [0.15, 0.2) is 0 Å². The van der Waals surface area contributed by atoms with E-state index in [1.807, 2.05) is 60.3 Å². The SMILES string of the molecule is Clc1ccc(CSCSC(Cn2ccnc2)c2ccc(Cl)cc2Cl)c(Cl)c1.O=C(O)C=CC(=O)O. The molecule has 2 aromatic carbocycles. The van der Waals surface area contributed by atoms with Crippen molar-refractivity contribution in [2.45, 2.75) is 17.5 Å². The van der Waals surface area contributed by atoms with Crippen molar-refractivity contribution in [1.82, 2.24) is 9.55 Å². The van der Waals surface area contributed by atoms with E-state index in [2.05, 4.69) is 9.55 Å². The fraction of sp³-hybridized carbons (Fsp3) is 0.174. The molecular formula is C23H20Cl4N2O4S2. The second-order valence-corrected chi connectivity index (χ2v) is 11.0. The number of hydrogen-bond donors (Lipinski definition) is 2. The van der Waals surface area contributed by atoms with Gasteiger partial charge in [-0.2, -0.15) is 0 Å². The van der Waals surface area contributed by atoms with Crippen molar-refractivity contribution in [2.75, 3.05) is 5.08 Å². The number of carboxylic acids is 2. The van der Waals surface area contributed by atoms with Crippen LogP contribution >= 0.6 is 69.9 Å². The van der Waals surface area contributed by atoms with E-state index in [0.717, 1.165) is 28.5 Å². The van der Waals surface area contributed by atoms with Crippen LogP contribution in [-0.4, -0.2) is 36.8 Å². The fourth-order valence-electron chi connectivity index (χ4n) is 2.65. The Morgan fingerprint density at radius 3 is 2.14 bits per heavy atom. The van der Waals surface area contributed by atoms with E-state index in [1.165, 1.54) is 0 Å². The van der Waals surface area contributed by atoms with Gasteiger partial charge in [0.25, 0.3) is 0 Å². The summed E-state index contributed by atoms with van der Waals surface area (Å²) in [6.45, 7) is 0.786. The van der Waals surface area contributed by atoms with Crippen molar-refractivity contribution in [3.05, 3.63) is 98.5 Å². The van der Waals surface area contributed by atoms with Gasteiger partial charge >= 0.3 is 11.9 Å². The highest BCUT2D eigenvalue weighted by atomic mass is 35.5. The number of benzene rings is 2. The molecule has 0 spiro atoms. The quantitative estimate of drug-likeness (QED) is 0.142. The lowest BCUT2D eigenvalue weighted by Gasteiger charge is -2.19. The molecule has 3 aromatic rings. The molecule has 6 nitrogen and oxygen atoms in total. The van der Waals surface area contributed by atoms with Gasteiger partial charge in [-0.1, -0.05) is 58.5 Å². The molecule has 1 aromatic heterocycles. The number of imidazole rings is 1. The predicted octanol–water partition coefficient (Wildman–Crippen LogP) is 7.57. The summed E-state index contributed by atoms with van der Waals surface area (Å²) in [7, 11) is 0. The molecule has 0 saturated heterocycles. The van der Waals surface area contributed by atoms with Crippen molar-refractivity contribution < 1.29 is 19.8 Å². The zero-order valence-electron chi connectivity index (χ0n) is 18.0. The number of aromatic nitrogens is 2. The van der Waals surface area contributed by atoms with Gasteiger partial charge in [-0.15, -0.1) is 23.5 Å². The number of aliphatic carboxylic acids is 2. The van der Waals surface area contributed by atoms with Crippen molar-refractivity contribution in [3.63, 3.8) is 0 Å². The van der Waals surface area contributed by atoms with Crippen LogP contribution in [0.3, 0.4) is 0 Å². The molecule has 0 amide bonds. The highest BCUT2D eigenvalue weighted by molar-refractivity contribution is 8.15. The highest BCUT2D eigenvalue weighted by Crippen LogP contribution is 2.38. The van der Waals surface area contributed by atoms with E-state index in [4.69, 9.17) is 56.6 Å². The lowest BCUT2D eigenvalue weighted by Crippen LogP contribution is -2.06. The molecule has 0 bridgehead atoms. The summed E-state index contributed by atoms with van der Waals surface area (Å²) in [4.78, 5) is 23.2. The molecule has 0 fully saturated rings. The monoisotopic (exact) mass is 592 g/mol. The van der Waals surface area contributed by atoms with Crippen LogP contribution in [0.4, 0.5) is 0 Å². The maximum atomic E-state index is 9.55. The van der Waals surface area contributed by atoms with Crippen LogP contribution in [0.15, 0.2) is 67.3 Å². The summed E-state index contributed by atoms with van der Waals surface area (Å²) in [5.41, 5.74) is 2.16. The molecule has 1 unspecified atom stereocenters. The number of carboxylic acid groups (broad SMARTS) is 2. The van der Waals surface area contributed by atoms with Gasteiger partial charge in [-0.25, -0.2) is 14.6 Å². The number of hydrogen-bond acceptors (Lipinski definition) is 5. The van der Waals surface area contributed by atoms with E-state index in [-0.39, 0.29) is 5.25 Å². The Bertz CT molecular complexity index is 1140. The average Bonchev–Trinajstić information content (AvgIpc) is 3.29. The first-order valence-electron chi connectivity index (χ1n) is 9.83. The van der Waals surface area contributed by atoms with Gasteiger partial charge in [0, 0.05) is 67.3 Å². The molecule has 0 saturated carbocycles. The van der Waals surface area contributed by atoms with Gasteiger partial charge in [0.1, 0.15) is 0 Å². The molecule has 1 atom stereocenters. The molecule has 3 rings (SSSR count). The Morgan fingerprint density at radius 2 is 1.60 bits per heavy atom. The van der Waals surface area contributed by atoms with Gasteiger partial charge in [0.2, 0.25) is 0 Å². The fourth-order valence-corrected chi connectivity index (χ4v) is 6.32. The van der Waals surface area contributed by atoms with Crippen LogP contribution in [0.2, 0.25) is 20.1 Å².